The topological polar surface area (TPSA) is 63.4 Å². The molecule has 0 bridgehead atoms. The minimum Gasteiger partial charge on any atom is -0.364 e. The Balaban J connectivity index is 1.86. The minimum atomic E-state index is -3.65. The highest BCUT2D eigenvalue weighted by atomic mass is 32.2. The van der Waals surface area contributed by atoms with Crippen molar-refractivity contribution in [3.63, 3.8) is 0 Å². The van der Waals surface area contributed by atoms with Gasteiger partial charge in [-0.2, -0.15) is 0 Å². The van der Waals surface area contributed by atoms with Gasteiger partial charge in [0.05, 0.1) is 4.90 Å². The lowest BCUT2D eigenvalue weighted by molar-refractivity contribution is 0.597. The fourth-order valence-electron chi connectivity index (χ4n) is 3.29. The molecule has 0 saturated heterocycles. The zero-order valence-corrected chi connectivity index (χ0v) is 15.2. The van der Waals surface area contributed by atoms with E-state index < -0.39 is 10.0 Å². The molecule has 0 radical (unpaired) electrons. The number of fused-ring (bicyclic) bond motifs is 1. The van der Waals surface area contributed by atoms with Gasteiger partial charge in [-0.1, -0.05) is 38.1 Å². The third-order valence-electron chi connectivity index (χ3n) is 4.74. The normalized spacial score (nSPS) is 17.4. The van der Waals surface area contributed by atoms with Crippen molar-refractivity contribution in [1.29, 1.82) is 0 Å². The molecule has 0 amide bonds. The molecule has 128 valence electrons. The third kappa shape index (κ3) is 3.32. The van der Waals surface area contributed by atoms with E-state index in [9.17, 15) is 8.42 Å². The molecule has 2 aromatic rings. The first-order valence-corrected chi connectivity index (χ1v) is 9.81. The van der Waals surface area contributed by atoms with Crippen molar-refractivity contribution in [2.24, 2.45) is 5.14 Å². The molecule has 0 unspecified atom stereocenters. The molecular formula is C19H24N2O2S. The van der Waals surface area contributed by atoms with Crippen LogP contribution in [0.2, 0.25) is 0 Å². The molecular weight excluding hydrogens is 320 g/mol. The number of primary sulfonamides is 1. The third-order valence-corrected chi connectivity index (χ3v) is 5.65. The lowest BCUT2D eigenvalue weighted by Crippen LogP contribution is -2.28. The average Bonchev–Trinajstić information content (AvgIpc) is 2.82. The van der Waals surface area contributed by atoms with Crippen molar-refractivity contribution < 1.29 is 8.42 Å². The van der Waals surface area contributed by atoms with Gasteiger partial charge in [0.25, 0.3) is 0 Å². The quantitative estimate of drug-likeness (QED) is 0.924. The maximum absolute atomic E-state index is 11.5. The van der Waals surface area contributed by atoms with Crippen molar-refractivity contribution in [2.45, 2.75) is 50.6 Å². The van der Waals surface area contributed by atoms with E-state index in [2.05, 4.69) is 49.9 Å². The summed E-state index contributed by atoms with van der Waals surface area (Å²) < 4.78 is 23.1. The number of benzene rings is 2. The standard InChI is InChI=1S/C19H24N2O2S/c1-13(2)16-6-4-15(5-7-16)12-21-14(3)10-17-11-18(24(20,22)23)8-9-19(17)21/h4-9,11,13-14H,10,12H2,1-3H3,(H2,20,22,23)/t14-/m0/s1. The van der Waals surface area contributed by atoms with Crippen LogP contribution in [0.15, 0.2) is 47.4 Å². The lowest BCUT2D eigenvalue weighted by Gasteiger charge is -2.25. The molecule has 0 aromatic heterocycles. The summed E-state index contributed by atoms with van der Waals surface area (Å²) in [6, 6.07) is 14.3. The summed E-state index contributed by atoms with van der Waals surface area (Å²) in [5, 5.41) is 5.24. The van der Waals surface area contributed by atoms with Gasteiger partial charge in [0.2, 0.25) is 10.0 Å². The summed E-state index contributed by atoms with van der Waals surface area (Å²) in [7, 11) is -3.65. The fourth-order valence-corrected chi connectivity index (χ4v) is 3.86. The maximum Gasteiger partial charge on any atom is 0.238 e. The molecule has 0 aliphatic carbocycles. The Morgan fingerprint density at radius 1 is 1.17 bits per heavy atom. The van der Waals surface area contributed by atoms with Gasteiger partial charge >= 0.3 is 0 Å². The Morgan fingerprint density at radius 3 is 2.42 bits per heavy atom. The van der Waals surface area contributed by atoms with Gasteiger partial charge in [-0.15, -0.1) is 0 Å². The van der Waals surface area contributed by atoms with Gasteiger partial charge in [0, 0.05) is 18.3 Å². The van der Waals surface area contributed by atoms with Gasteiger partial charge in [-0.25, -0.2) is 13.6 Å². The summed E-state index contributed by atoms with van der Waals surface area (Å²) in [6.07, 6.45) is 0.836. The van der Waals surface area contributed by atoms with Crippen LogP contribution in [-0.4, -0.2) is 14.5 Å². The number of rotatable bonds is 4. The smallest absolute Gasteiger partial charge is 0.238 e. The van der Waals surface area contributed by atoms with Crippen LogP contribution in [0.3, 0.4) is 0 Å². The predicted molar refractivity (Wildman–Crippen MR) is 97.7 cm³/mol. The molecule has 1 aliphatic rings. The van der Waals surface area contributed by atoms with Crippen molar-refractivity contribution in [2.75, 3.05) is 4.90 Å². The lowest BCUT2D eigenvalue weighted by atomic mass is 10.0. The van der Waals surface area contributed by atoms with Crippen LogP contribution in [0.25, 0.3) is 0 Å². The summed E-state index contributed by atoms with van der Waals surface area (Å²) in [4.78, 5) is 2.52. The molecule has 1 heterocycles. The van der Waals surface area contributed by atoms with Gasteiger partial charge in [-0.05, 0) is 54.2 Å². The van der Waals surface area contributed by atoms with E-state index in [4.69, 9.17) is 5.14 Å². The summed E-state index contributed by atoms with van der Waals surface area (Å²) in [5.41, 5.74) is 4.75. The number of nitrogens with zero attached hydrogens (tertiary/aromatic N) is 1. The molecule has 0 fully saturated rings. The Labute approximate surface area is 144 Å². The molecule has 4 nitrogen and oxygen atoms in total. The number of hydrogen-bond acceptors (Lipinski definition) is 3. The average molecular weight is 344 g/mol. The highest BCUT2D eigenvalue weighted by Crippen LogP contribution is 2.34. The van der Waals surface area contributed by atoms with E-state index in [0.29, 0.717) is 12.0 Å². The first kappa shape index (κ1) is 17.0. The predicted octanol–water partition coefficient (Wildman–Crippen LogP) is 3.41. The van der Waals surface area contributed by atoms with E-state index in [0.717, 1.165) is 24.2 Å². The van der Waals surface area contributed by atoms with E-state index in [-0.39, 0.29) is 4.90 Å². The minimum absolute atomic E-state index is 0.191. The Kier molecular flexibility index (Phi) is 4.40. The molecule has 5 heteroatoms. The second kappa shape index (κ2) is 6.22. The second-order valence-corrected chi connectivity index (χ2v) is 8.47. The highest BCUT2D eigenvalue weighted by molar-refractivity contribution is 7.89. The zero-order chi connectivity index (χ0) is 17.5. The van der Waals surface area contributed by atoms with Crippen LogP contribution in [0.1, 0.15) is 43.4 Å². The maximum atomic E-state index is 11.5. The number of sulfonamides is 1. The first-order valence-electron chi connectivity index (χ1n) is 8.27. The monoisotopic (exact) mass is 344 g/mol. The number of anilines is 1. The van der Waals surface area contributed by atoms with Crippen molar-refractivity contribution in [3.8, 4) is 0 Å². The summed E-state index contributed by atoms with van der Waals surface area (Å²) in [5.74, 6) is 0.530. The molecule has 3 rings (SSSR count). The van der Waals surface area contributed by atoms with Gasteiger partial charge in [-0.3, -0.25) is 0 Å². The van der Waals surface area contributed by atoms with Crippen LogP contribution in [0.4, 0.5) is 5.69 Å². The van der Waals surface area contributed by atoms with Crippen molar-refractivity contribution >= 4 is 15.7 Å². The van der Waals surface area contributed by atoms with Crippen LogP contribution < -0.4 is 10.0 Å². The van der Waals surface area contributed by atoms with E-state index in [1.807, 2.05) is 6.07 Å². The Hall–Kier alpha value is -1.85. The summed E-state index contributed by atoms with van der Waals surface area (Å²) >= 11 is 0. The van der Waals surface area contributed by atoms with Crippen molar-refractivity contribution in [1.82, 2.24) is 0 Å². The molecule has 0 saturated carbocycles. The van der Waals surface area contributed by atoms with Gasteiger partial charge < -0.3 is 4.90 Å². The first-order chi connectivity index (χ1) is 11.3. The second-order valence-electron chi connectivity index (χ2n) is 6.91. The Morgan fingerprint density at radius 2 is 1.83 bits per heavy atom. The van der Waals surface area contributed by atoms with Crippen LogP contribution in [0.5, 0.6) is 0 Å². The van der Waals surface area contributed by atoms with Crippen molar-refractivity contribution in [3.05, 3.63) is 59.2 Å². The Bertz CT molecular complexity index is 842. The zero-order valence-electron chi connectivity index (χ0n) is 14.4. The molecule has 2 aromatic carbocycles. The largest absolute Gasteiger partial charge is 0.364 e. The molecule has 1 aliphatic heterocycles. The molecule has 2 N–H and O–H groups in total. The fraction of sp³-hybridized carbons (Fsp3) is 0.368. The van der Waals surface area contributed by atoms with Gasteiger partial charge in [0.15, 0.2) is 0 Å². The molecule has 1 atom stereocenters. The van der Waals surface area contributed by atoms with E-state index in [1.165, 1.54) is 11.1 Å². The SMILES string of the molecule is CC(C)c1ccc(CN2c3ccc(S(N)(=O)=O)cc3C[C@@H]2C)cc1. The van der Waals surface area contributed by atoms with E-state index >= 15 is 0 Å². The van der Waals surface area contributed by atoms with Crippen LogP contribution in [0, 0.1) is 0 Å². The van der Waals surface area contributed by atoms with Crippen LogP contribution >= 0.6 is 0 Å². The van der Waals surface area contributed by atoms with Crippen LogP contribution in [-0.2, 0) is 23.0 Å². The summed E-state index contributed by atoms with van der Waals surface area (Å²) in [6.45, 7) is 7.37. The van der Waals surface area contributed by atoms with E-state index in [1.54, 1.807) is 12.1 Å². The molecule has 24 heavy (non-hydrogen) atoms. The molecule has 0 spiro atoms. The number of nitrogens with two attached hydrogens (primary N) is 1. The van der Waals surface area contributed by atoms with Gasteiger partial charge in [0.1, 0.15) is 0 Å². The number of hydrogen-bond donors (Lipinski definition) is 1. The highest BCUT2D eigenvalue weighted by Gasteiger charge is 2.27.